The zero-order chi connectivity index (χ0) is 16.9. The first kappa shape index (κ1) is 16.2. The van der Waals surface area contributed by atoms with Crippen molar-refractivity contribution in [2.45, 2.75) is 26.4 Å². The molecule has 24 heavy (non-hydrogen) atoms. The first-order valence-corrected chi connectivity index (χ1v) is 8.12. The van der Waals surface area contributed by atoms with Gasteiger partial charge in [0.15, 0.2) is 0 Å². The molecular weight excluding hydrogens is 302 g/mol. The molecule has 1 aliphatic rings. The van der Waals surface area contributed by atoms with Gasteiger partial charge in [-0.15, -0.1) is 0 Å². The van der Waals surface area contributed by atoms with Gasteiger partial charge in [0.25, 0.3) is 0 Å². The van der Waals surface area contributed by atoms with Gasteiger partial charge in [0.05, 0.1) is 0 Å². The first-order valence-electron chi connectivity index (χ1n) is 8.12. The summed E-state index contributed by atoms with van der Waals surface area (Å²) < 4.78 is 0. The second kappa shape index (κ2) is 7.25. The highest BCUT2D eigenvalue weighted by Crippen LogP contribution is 2.18. The van der Waals surface area contributed by atoms with Crippen LogP contribution < -0.4 is 0 Å². The van der Waals surface area contributed by atoms with Crippen LogP contribution in [0.3, 0.4) is 0 Å². The lowest BCUT2D eigenvalue weighted by Gasteiger charge is -2.31. The third kappa shape index (κ3) is 3.79. The average Bonchev–Trinajstić information content (AvgIpc) is 2.61. The Morgan fingerprint density at radius 2 is 1.83 bits per heavy atom. The van der Waals surface area contributed by atoms with Crippen molar-refractivity contribution in [1.82, 2.24) is 14.8 Å². The third-order valence-electron chi connectivity index (χ3n) is 4.38. The molecule has 2 aromatic rings. The van der Waals surface area contributed by atoms with E-state index in [-0.39, 0.29) is 18.4 Å². The maximum Gasteiger partial charge on any atom is 0.242 e. The lowest BCUT2D eigenvalue weighted by Crippen LogP contribution is -2.43. The number of benzene rings is 1. The summed E-state index contributed by atoms with van der Waals surface area (Å²) in [4.78, 5) is 31.9. The molecule has 0 unspecified atom stereocenters. The standard InChI is InChI=1S/C19H21N3O2/c1-15(23)22(12-16-6-9-20-10-7-16)14-19(24)21-11-8-17-4-2-3-5-18(17)13-21/h2-7,9-10H,8,11-14H2,1H3. The Bertz CT molecular complexity index is 730. The van der Waals surface area contributed by atoms with E-state index in [4.69, 9.17) is 0 Å². The van der Waals surface area contributed by atoms with E-state index < -0.39 is 0 Å². The van der Waals surface area contributed by atoms with Gasteiger partial charge in [-0.1, -0.05) is 24.3 Å². The molecule has 5 heteroatoms. The first-order chi connectivity index (χ1) is 11.6. The molecule has 1 aromatic heterocycles. The Morgan fingerprint density at radius 3 is 2.54 bits per heavy atom. The van der Waals surface area contributed by atoms with Crippen molar-refractivity contribution in [2.24, 2.45) is 0 Å². The van der Waals surface area contributed by atoms with Crippen molar-refractivity contribution < 1.29 is 9.59 Å². The van der Waals surface area contributed by atoms with E-state index in [2.05, 4.69) is 17.1 Å². The molecule has 124 valence electrons. The second-order valence-corrected chi connectivity index (χ2v) is 6.06. The van der Waals surface area contributed by atoms with Gasteiger partial charge in [-0.3, -0.25) is 14.6 Å². The number of hydrogen-bond donors (Lipinski definition) is 0. The molecule has 2 heterocycles. The molecule has 0 fully saturated rings. The largest absolute Gasteiger partial charge is 0.336 e. The molecule has 5 nitrogen and oxygen atoms in total. The van der Waals surface area contributed by atoms with Gasteiger partial charge in [-0.05, 0) is 35.2 Å². The summed E-state index contributed by atoms with van der Waals surface area (Å²) in [5.41, 5.74) is 3.47. The molecule has 1 aliphatic heterocycles. The van der Waals surface area contributed by atoms with Gasteiger partial charge in [0, 0.05) is 39.0 Å². The molecular formula is C19H21N3O2. The maximum atomic E-state index is 12.6. The summed E-state index contributed by atoms with van der Waals surface area (Å²) in [5.74, 6) is -0.105. The number of hydrogen-bond acceptors (Lipinski definition) is 3. The normalized spacial score (nSPS) is 13.3. The average molecular weight is 323 g/mol. The highest BCUT2D eigenvalue weighted by molar-refractivity contribution is 5.84. The van der Waals surface area contributed by atoms with Gasteiger partial charge in [0.2, 0.25) is 11.8 Å². The van der Waals surface area contributed by atoms with Crippen molar-refractivity contribution in [2.75, 3.05) is 13.1 Å². The van der Waals surface area contributed by atoms with Crippen LogP contribution >= 0.6 is 0 Å². The summed E-state index contributed by atoms with van der Waals surface area (Å²) in [7, 11) is 0. The van der Waals surface area contributed by atoms with E-state index in [1.165, 1.54) is 18.1 Å². The zero-order valence-corrected chi connectivity index (χ0v) is 13.8. The van der Waals surface area contributed by atoms with E-state index in [0.717, 1.165) is 12.0 Å². The van der Waals surface area contributed by atoms with E-state index in [1.54, 1.807) is 17.3 Å². The zero-order valence-electron chi connectivity index (χ0n) is 13.8. The smallest absolute Gasteiger partial charge is 0.242 e. The minimum Gasteiger partial charge on any atom is -0.336 e. The van der Waals surface area contributed by atoms with Crippen molar-refractivity contribution in [3.63, 3.8) is 0 Å². The fraction of sp³-hybridized carbons (Fsp3) is 0.316. The SMILES string of the molecule is CC(=O)N(CC(=O)N1CCc2ccccc2C1)Cc1ccncc1. The Labute approximate surface area is 141 Å². The van der Waals surface area contributed by atoms with Gasteiger partial charge in [-0.2, -0.15) is 0 Å². The maximum absolute atomic E-state index is 12.6. The van der Waals surface area contributed by atoms with Crippen molar-refractivity contribution in [3.05, 3.63) is 65.5 Å². The fourth-order valence-corrected chi connectivity index (χ4v) is 2.96. The van der Waals surface area contributed by atoms with Gasteiger partial charge >= 0.3 is 0 Å². The highest BCUT2D eigenvalue weighted by atomic mass is 16.2. The Kier molecular flexibility index (Phi) is 4.89. The Balaban J connectivity index is 1.65. The van der Waals surface area contributed by atoms with Crippen LogP contribution in [0.15, 0.2) is 48.8 Å². The minimum absolute atomic E-state index is 0.00578. The number of carbonyl (C=O) groups is 2. The van der Waals surface area contributed by atoms with Crippen LogP contribution in [-0.4, -0.2) is 39.7 Å². The Hall–Kier alpha value is -2.69. The molecule has 0 saturated heterocycles. The fourth-order valence-electron chi connectivity index (χ4n) is 2.96. The van der Waals surface area contributed by atoms with Crippen LogP contribution in [0.4, 0.5) is 0 Å². The van der Waals surface area contributed by atoms with Gasteiger partial charge in [0.1, 0.15) is 6.54 Å². The number of nitrogens with zero attached hydrogens (tertiary/aromatic N) is 3. The van der Waals surface area contributed by atoms with E-state index in [0.29, 0.717) is 19.6 Å². The number of fused-ring (bicyclic) bond motifs is 1. The lowest BCUT2D eigenvalue weighted by molar-refractivity contribution is -0.140. The van der Waals surface area contributed by atoms with E-state index >= 15 is 0 Å². The monoisotopic (exact) mass is 323 g/mol. The van der Waals surface area contributed by atoms with Crippen molar-refractivity contribution in [1.29, 1.82) is 0 Å². The van der Waals surface area contributed by atoms with Crippen molar-refractivity contribution in [3.8, 4) is 0 Å². The second-order valence-electron chi connectivity index (χ2n) is 6.06. The lowest BCUT2D eigenvalue weighted by atomic mass is 10.00. The predicted molar refractivity (Wildman–Crippen MR) is 90.9 cm³/mol. The molecule has 2 amide bonds. The molecule has 0 saturated carbocycles. The number of pyridine rings is 1. The Morgan fingerprint density at radius 1 is 1.12 bits per heavy atom. The quantitative estimate of drug-likeness (QED) is 0.865. The molecule has 1 aromatic carbocycles. The molecule has 0 spiro atoms. The van der Waals surface area contributed by atoms with E-state index in [9.17, 15) is 9.59 Å². The molecule has 3 rings (SSSR count). The van der Waals surface area contributed by atoms with Crippen LogP contribution in [0.2, 0.25) is 0 Å². The molecule has 0 atom stereocenters. The highest BCUT2D eigenvalue weighted by Gasteiger charge is 2.23. The number of carbonyl (C=O) groups excluding carboxylic acids is 2. The molecule has 0 aliphatic carbocycles. The van der Waals surface area contributed by atoms with Crippen LogP contribution in [0.5, 0.6) is 0 Å². The molecule has 0 radical (unpaired) electrons. The summed E-state index contributed by atoms with van der Waals surface area (Å²) in [5, 5.41) is 0. The predicted octanol–water partition coefficient (Wildman–Crippen LogP) is 2.01. The molecule has 0 N–H and O–H groups in total. The molecule has 0 bridgehead atoms. The van der Waals surface area contributed by atoms with Crippen LogP contribution in [0.25, 0.3) is 0 Å². The van der Waals surface area contributed by atoms with Crippen molar-refractivity contribution >= 4 is 11.8 Å². The third-order valence-corrected chi connectivity index (χ3v) is 4.38. The van der Waals surface area contributed by atoms with Crippen LogP contribution in [0, 0.1) is 0 Å². The van der Waals surface area contributed by atoms with E-state index in [1.807, 2.05) is 29.2 Å². The number of rotatable bonds is 4. The van der Waals surface area contributed by atoms with Crippen LogP contribution in [-0.2, 0) is 29.1 Å². The van der Waals surface area contributed by atoms with Gasteiger partial charge < -0.3 is 9.80 Å². The van der Waals surface area contributed by atoms with Gasteiger partial charge in [-0.25, -0.2) is 0 Å². The minimum atomic E-state index is -0.0995. The number of aromatic nitrogens is 1. The summed E-state index contributed by atoms with van der Waals surface area (Å²) in [6.45, 7) is 3.36. The summed E-state index contributed by atoms with van der Waals surface area (Å²) in [6.07, 6.45) is 4.25. The summed E-state index contributed by atoms with van der Waals surface area (Å²) >= 11 is 0. The van der Waals surface area contributed by atoms with Crippen LogP contribution in [0.1, 0.15) is 23.6 Å². The topological polar surface area (TPSA) is 53.5 Å². The summed E-state index contributed by atoms with van der Waals surface area (Å²) in [6, 6.07) is 11.9. The number of amides is 2.